The number of carbonyl (C=O) groups excluding carboxylic acids is 1. The van der Waals surface area contributed by atoms with E-state index >= 15 is 0 Å². The van der Waals surface area contributed by atoms with Crippen LogP contribution in [0.3, 0.4) is 0 Å². The van der Waals surface area contributed by atoms with Crippen LogP contribution in [0.4, 0.5) is 5.95 Å². The number of nitrogens with zero attached hydrogens (tertiary/aromatic N) is 4. The number of hydrogen-bond acceptors (Lipinski definition) is 4. The molecule has 0 spiro atoms. The predicted octanol–water partition coefficient (Wildman–Crippen LogP) is 2.25. The minimum absolute atomic E-state index is 0.226. The Hall–Kier alpha value is -2.43. The van der Waals surface area contributed by atoms with Gasteiger partial charge in [0.2, 0.25) is 11.9 Å². The summed E-state index contributed by atoms with van der Waals surface area (Å²) in [5.74, 6) is 0.980. The Bertz CT molecular complexity index is 739. The first-order valence-electron chi connectivity index (χ1n) is 9.20. The third kappa shape index (κ3) is 3.65. The largest absolute Gasteiger partial charge is 0.339 e. The van der Waals surface area contributed by atoms with Crippen molar-refractivity contribution in [2.24, 2.45) is 0 Å². The van der Waals surface area contributed by atoms with Crippen LogP contribution in [0, 0.1) is 0 Å². The molecule has 0 radical (unpaired) electrons. The van der Waals surface area contributed by atoms with Crippen molar-refractivity contribution in [3.63, 3.8) is 0 Å². The SMILES string of the molecule is O=C(Cc1ccc2c(c1)CCCC2)N1CCN(c2ncccn2)CC1. The van der Waals surface area contributed by atoms with Crippen molar-refractivity contribution in [3.05, 3.63) is 53.3 Å². The molecule has 5 heteroatoms. The second kappa shape index (κ2) is 7.21. The van der Waals surface area contributed by atoms with E-state index in [2.05, 4.69) is 33.1 Å². The summed E-state index contributed by atoms with van der Waals surface area (Å²) in [6.07, 6.45) is 8.94. The molecule has 1 amide bonds. The van der Waals surface area contributed by atoms with E-state index in [1.807, 2.05) is 11.0 Å². The molecule has 2 heterocycles. The maximum Gasteiger partial charge on any atom is 0.227 e. The van der Waals surface area contributed by atoms with Crippen LogP contribution in [0.5, 0.6) is 0 Å². The Labute approximate surface area is 148 Å². The first-order chi connectivity index (χ1) is 12.3. The molecule has 1 aliphatic carbocycles. The normalized spacial score (nSPS) is 17.3. The molecule has 2 aliphatic rings. The standard InChI is InChI=1S/C20H24N4O/c25-19(15-16-6-7-17-4-1-2-5-18(17)14-16)23-10-12-24(13-11-23)20-21-8-3-9-22-20/h3,6-9,14H,1-2,4-5,10-13,15H2. The molecule has 1 aromatic carbocycles. The summed E-state index contributed by atoms with van der Waals surface area (Å²) in [7, 11) is 0. The van der Waals surface area contributed by atoms with Crippen LogP contribution in [0.25, 0.3) is 0 Å². The third-order valence-corrected chi connectivity index (χ3v) is 5.24. The van der Waals surface area contributed by atoms with Crippen molar-refractivity contribution >= 4 is 11.9 Å². The fourth-order valence-electron chi connectivity index (χ4n) is 3.79. The lowest BCUT2D eigenvalue weighted by Crippen LogP contribution is -2.49. The topological polar surface area (TPSA) is 49.3 Å². The number of piperazine rings is 1. The highest BCUT2D eigenvalue weighted by molar-refractivity contribution is 5.79. The van der Waals surface area contributed by atoms with Crippen molar-refractivity contribution in [2.45, 2.75) is 32.1 Å². The van der Waals surface area contributed by atoms with Crippen LogP contribution in [0.2, 0.25) is 0 Å². The molecule has 0 unspecified atom stereocenters. The van der Waals surface area contributed by atoms with Gasteiger partial charge < -0.3 is 9.80 Å². The molecule has 1 saturated heterocycles. The number of rotatable bonds is 3. The summed E-state index contributed by atoms with van der Waals surface area (Å²) < 4.78 is 0. The van der Waals surface area contributed by atoms with Crippen LogP contribution in [0.15, 0.2) is 36.7 Å². The van der Waals surface area contributed by atoms with Gasteiger partial charge in [-0.15, -0.1) is 0 Å². The van der Waals surface area contributed by atoms with Gasteiger partial charge in [0.05, 0.1) is 6.42 Å². The second-order valence-corrected chi connectivity index (χ2v) is 6.90. The van der Waals surface area contributed by atoms with E-state index in [1.54, 1.807) is 12.4 Å². The lowest BCUT2D eigenvalue weighted by atomic mass is 9.90. The van der Waals surface area contributed by atoms with Crippen molar-refractivity contribution in [1.29, 1.82) is 0 Å². The van der Waals surface area contributed by atoms with E-state index in [1.165, 1.54) is 30.4 Å². The van der Waals surface area contributed by atoms with Crippen LogP contribution in [0.1, 0.15) is 29.5 Å². The first-order valence-corrected chi connectivity index (χ1v) is 9.20. The lowest BCUT2D eigenvalue weighted by molar-refractivity contribution is -0.130. The van der Waals surface area contributed by atoms with Gasteiger partial charge in [-0.2, -0.15) is 0 Å². The molecule has 0 atom stereocenters. The monoisotopic (exact) mass is 336 g/mol. The quantitative estimate of drug-likeness (QED) is 0.863. The molecular formula is C20H24N4O. The zero-order valence-corrected chi connectivity index (χ0v) is 14.5. The number of fused-ring (bicyclic) bond motifs is 1. The van der Waals surface area contributed by atoms with Crippen molar-refractivity contribution in [2.75, 3.05) is 31.1 Å². The lowest BCUT2D eigenvalue weighted by Gasteiger charge is -2.34. The first kappa shape index (κ1) is 16.1. The Kier molecular flexibility index (Phi) is 4.63. The number of benzene rings is 1. The van der Waals surface area contributed by atoms with Gasteiger partial charge in [-0.25, -0.2) is 9.97 Å². The summed E-state index contributed by atoms with van der Waals surface area (Å²) in [5.41, 5.74) is 4.07. The summed E-state index contributed by atoms with van der Waals surface area (Å²) in [4.78, 5) is 25.4. The number of carbonyl (C=O) groups is 1. The minimum atomic E-state index is 0.226. The van der Waals surface area contributed by atoms with E-state index in [-0.39, 0.29) is 5.91 Å². The van der Waals surface area contributed by atoms with Gasteiger partial charge in [0.25, 0.3) is 0 Å². The molecule has 25 heavy (non-hydrogen) atoms. The highest BCUT2D eigenvalue weighted by Gasteiger charge is 2.22. The van der Waals surface area contributed by atoms with Crippen LogP contribution >= 0.6 is 0 Å². The van der Waals surface area contributed by atoms with E-state index in [4.69, 9.17) is 0 Å². The van der Waals surface area contributed by atoms with E-state index < -0.39 is 0 Å². The summed E-state index contributed by atoms with van der Waals surface area (Å²) in [6, 6.07) is 8.43. The van der Waals surface area contributed by atoms with Gasteiger partial charge in [0.1, 0.15) is 0 Å². The Morgan fingerprint density at radius 3 is 2.44 bits per heavy atom. The molecule has 1 aliphatic heterocycles. The second-order valence-electron chi connectivity index (χ2n) is 6.90. The van der Waals surface area contributed by atoms with Gasteiger partial charge in [0.15, 0.2) is 0 Å². The highest BCUT2D eigenvalue weighted by Crippen LogP contribution is 2.22. The van der Waals surface area contributed by atoms with E-state index in [9.17, 15) is 4.79 Å². The zero-order chi connectivity index (χ0) is 17.1. The molecule has 2 aromatic rings. The smallest absolute Gasteiger partial charge is 0.227 e. The molecule has 1 fully saturated rings. The molecule has 0 bridgehead atoms. The predicted molar refractivity (Wildman–Crippen MR) is 97.6 cm³/mol. The van der Waals surface area contributed by atoms with Gasteiger partial charge in [-0.3, -0.25) is 4.79 Å². The molecular weight excluding hydrogens is 312 g/mol. The fourth-order valence-corrected chi connectivity index (χ4v) is 3.79. The highest BCUT2D eigenvalue weighted by atomic mass is 16.2. The Morgan fingerprint density at radius 2 is 1.68 bits per heavy atom. The molecule has 0 saturated carbocycles. The molecule has 130 valence electrons. The van der Waals surface area contributed by atoms with Crippen molar-refractivity contribution < 1.29 is 4.79 Å². The maximum atomic E-state index is 12.7. The summed E-state index contributed by atoms with van der Waals surface area (Å²) in [6.45, 7) is 3.06. The maximum absolute atomic E-state index is 12.7. The Morgan fingerprint density at radius 1 is 0.960 bits per heavy atom. The average molecular weight is 336 g/mol. The Balaban J connectivity index is 1.35. The van der Waals surface area contributed by atoms with Crippen LogP contribution < -0.4 is 4.90 Å². The summed E-state index contributed by atoms with van der Waals surface area (Å²) in [5, 5.41) is 0. The number of aryl methyl sites for hydroxylation is 2. The molecule has 1 aromatic heterocycles. The molecule has 5 nitrogen and oxygen atoms in total. The van der Waals surface area contributed by atoms with E-state index in [0.29, 0.717) is 6.42 Å². The minimum Gasteiger partial charge on any atom is -0.339 e. The van der Waals surface area contributed by atoms with Gasteiger partial charge in [0, 0.05) is 38.6 Å². The fraction of sp³-hybridized carbons (Fsp3) is 0.450. The third-order valence-electron chi connectivity index (χ3n) is 5.24. The van der Waals surface area contributed by atoms with Gasteiger partial charge in [-0.05, 0) is 48.4 Å². The van der Waals surface area contributed by atoms with Crippen LogP contribution in [-0.2, 0) is 24.1 Å². The van der Waals surface area contributed by atoms with Gasteiger partial charge in [-0.1, -0.05) is 18.2 Å². The number of hydrogen-bond donors (Lipinski definition) is 0. The van der Waals surface area contributed by atoms with Gasteiger partial charge >= 0.3 is 0 Å². The number of anilines is 1. The zero-order valence-electron chi connectivity index (χ0n) is 14.5. The van der Waals surface area contributed by atoms with Crippen molar-refractivity contribution in [3.8, 4) is 0 Å². The van der Waals surface area contributed by atoms with E-state index in [0.717, 1.165) is 44.1 Å². The molecule has 0 N–H and O–H groups in total. The number of amides is 1. The molecule has 4 rings (SSSR count). The number of aromatic nitrogens is 2. The average Bonchev–Trinajstić information content (AvgIpc) is 2.69. The summed E-state index contributed by atoms with van der Waals surface area (Å²) >= 11 is 0. The van der Waals surface area contributed by atoms with Crippen LogP contribution in [-0.4, -0.2) is 47.0 Å². The van der Waals surface area contributed by atoms with Crippen molar-refractivity contribution in [1.82, 2.24) is 14.9 Å².